The zero-order valence-corrected chi connectivity index (χ0v) is 11.4. The summed E-state index contributed by atoms with van der Waals surface area (Å²) in [4.78, 5) is 7.77. The molecule has 1 atom stereocenters. The van der Waals surface area contributed by atoms with E-state index < -0.39 is 5.60 Å². The number of hydrogen-bond donors (Lipinski definition) is 1. The average Bonchev–Trinajstić information content (AvgIpc) is 2.72. The zero-order chi connectivity index (χ0) is 12.1. The molecule has 1 fully saturated rings. The molecule has 4 heteroatoms. The van der Waals surface area contributed by atoms with E-state index in [0.29, 0.717) is 0 Å². The second-order valence-corrected chi connectivity index (χ2v) is 6.03. The van der Waals surface area contributed by atoms with Crippen LogP contribution in [0.1, 0.15) is 37.5 Å². The summed E-state index contributed by atoms with van der Waals surface area (Å²) in [6.07, 6.45) is 6.79. The number of nitrogens with zero attached hydrogens (tertiary/aromatic N) is 2. The van der Waals surface area contributed by atoms with Crippen LogP contribution in [0.25, 0.3) is 0 Å². The predicted octanol–water partition coefficient (Wildman–Crippen LogP) is 2.31. The van der Waals surface area contributed by atoms with Gasteiger partial charge in [-0.1, -0.05) is 6.92 Å². The second-order valence-electron chi connectivity index (χ2n) is 5.06. The Morgan fingerprint density at radius 2 is 2.35 bits per heavy atom. The van der Waals surface area contributed by atoms with Gasteiger partial charge in [-0.25, -0.2) is 0 Å². The minimum atomic E-state index is -0.505. The highest BCUT2D eigenvalue weighted by Crippen LogP contribution is 2.27. The van der Waals surface area contributed by atoms with Gasteiger partial charge >= 0.3 is 0 Å². The second kappa shape index (κ2) is 5.94. The first kappa shape index (κ1) is 13.0. The molecule has 1 saturated heterocycles. The van der Waals surface area contributed by atoms with E-state index in [9.17, 15) is 5.11 Å². The van der Waals surface area contributed by atoms with Crippen molar-refractivity contribution in [1.82, 2.24) is 9.88 Å². The lowest BCUT2D eigenvalue weighted by atomic mass is 9.91. The Bertz CT molecular complexity index is 328. The summed E-state index contributed by atoms with van der Waals surface area (Å²) >= 11 is 1.65. The normalized spacial score (nSPS) is 26.9. The highest BCUT2D eigenvalue weighted by molar-refractivity contribution is 7.09. The Morgan fingerprint density at radius 3 is 3.06 bits per heavy atom. The van der Waals surface area contributed by atoms with Crippen molar-refractivity contribution in [3.8, 4) is 0 Å². The van der Waals surface area contributed by atoms with Crippen LogP contribution in [0.2, 0.25) is 0 Å². The van der Waals surface area contributed by atoms with Crippen molar-refractivity contribution < 1.29 is 5.11 Å². The molecule has 96 valence electrons. The summed E-state index contributed by atoms with van der Waals surface area (Å²) in [5, 5.41) is 10.7. The molecule has 2 heterocycles. The number of aromatic nitrogens is 1. The number of aliphatic hydroxyl groups is 1. The van der Waals surface area contributed by atoms with Gasteiger partial charge in [0.1, 0.15) is 0 Å². The third kappa shape index (κ3) is 3.76. The van der Waals surface area contributed by atoms with Crippen molar-refractivity contribution in [2.75, 3.05) is 19.6 Å². The molecule has 1 aliphatic heterocycles. The Balaban J connectivity index is 1.92. The maximum atomic E-state index is 10.7. The summed E-state index contributed by atoms with van der Waals surface area (Å²) in [6.45, 7) is 5.55. The van der Waals surface area contributed by atoms with Crippen molar-refractivity contribution in [3.05, 3.63) is 16.6 Å². The fourth-order valence-electron chi connectivity index (χ4n) is 2.61. The maximum absolute atomic E-state index is 10.7. The van der Waals surface area contributed by atoms with E-state index in [-0.39, 0.29) is 0 Å². The number of thiazole rings is 1. The van der Waals surface area contributed by atoms with Crippen molar-refractivity contribution in [1.29, 1.82) is 0 Å². The molecule has 3 nitrogen and oxygen atoms in total. The van der Waals surface area contributed by atoms with Crippen molar-refractivity contribution >= 4 is 11.3 Å². The van der Waals surface area contributed by atoms with Gasteiger partial charge < -0.3 is 10.0 Å². The number of hydrogen-bond acceptors (Lipinski definition) is 4. The summed E-state index contributed by atoms with van der Waals surface area (Å²) < 4.78 is 0. The molecule has 0 saturated carbocycles. The Morgan fingerprint density at radius 1 is 1.47 bits per heavy atom. The quantitative estimate of drug-likeness (QED) is 0.896. The van der Waals surface area contributed by atoms with E-state index in [1.54, 1.807) is 11.3 Å². The van der Waals surface area contributed by atoms with E-state index >= 15 is 0 Å². The fourth-order valence-corrected chi connectivity index (χ4v) is 3.34. The smallest absolute Gasteiger partial charge is 0.0794 e. The fraction of sp³-hybridized carbons (Fsp3) is 0.769. The van der Waals surface area contributed by atoms with Gasteiger partial charge in [-0.15, -0.1) is 11.3 Å². The number of rotatable bonds is 4. The van der Waals surface area contributed by atoms with Gasteiger partial charge in [-0.05, 0) is 38.8 Å². The molecular weight excluding hydrogens is 232 g/mol. The molecule has 2 rings (SSSR count). The lowest BCUT2D eigenvalue weighted by Crippen LogP contribution is -2.33. The monoisotopic (exact) mass is 254 g/mol. The summed E-state index contributed by atoms with van der Waals surface area (Å²) in [5.41, 5.74) is 1.34. The molecule has 1 aromatic heterocycles. The SMILES string of the molecule is CCCN1CCCC(O)(Cc2cncs2)CC1. The van der Waals surface area contributed by atoms with Crippen molar-refractivity contribution in [2.24, 2.45) is 0 Å². The van der Waals surface area contributed by atoms with E-state index in [2.05, 4.69) is 16.8 Å². The molecule has 0 aliphatic carbocycles. The number of likely N-dealkylation sites (tertiary alicyclic amines) is 1. The van der Waals surface area contributed by atoms with Crippen LogP contribution in [0.3, 0.4) is 0 Å². The third-order valence-electron chi connectivity index (χ3n) is 3.54. The first-order valence-corrected chi connectivity index (χ1v) is 7.42. The van der Waals surface area contributed by atoms with Crippen LogP contribution in [0.5, 0.6) is 0 Å². The van der Waals surface area contributed by atoms with E-state index in [1.807, 2.05) is 11.7 Å². The highest BCUT2D eigenvalue weighted by Gasteiger charge is 2.30. The van der Waals surface area contributed by atoms with Crippen LogP contribution in [-0.4, -0.2) is 40.2 Å². The molecular formula is C13H22N2OS. The van der Waals surface area contributed by atoms with Gasteiger partial charge in [0.2, 0.25) is 0 Å². The van der Waals surface area contributed by atoms with Gasteiger partial charge in [0.15, 0.2) is 0 Å². The largest absolute Gasteiger partial charge is 0.389 e. The zero-order valence-electron chi connectivity index (χ0n) is 10.6. The third-order valence-corrected chi connectivity index (χ3v) is 4.32. The molecule has 1 aromatic rings. The first-order chi connectivity index (χ1) is 8.22. The topological polar surface area (TPSA) is 36.4 Å². The Labute approximate surface area is 107 Å². The van der Waals surface area contributed by atoms with E-state index in [1.165, 1.54) is 11.3 Å². The summed E-state index contributed by atoms with van der Waals surface area (Å²) in [5.74, 6) is 0. The van der Waals surface area contributed by atoms with E-state index in [0.717, 1.165) is 45.3 Å². The minimum Gasteiger partial charge on any atom is -0.389 e. The van der Waals surface area contributed by atoms with Crippen LogP contribution in [-0.2, 0) is 6.42 Å². The lowest BCUT2D eigenvalue weighted by molar-refractivity contribution is 0.0264. The van der Waals surface area contributed by atoms with Crippen LogP contribution in [0.4, 0.5) is 0 Å². The van der Waals surface area contributed by atoms with Crippen LogP contribution >= 0.6 is 11.3 Å². The van der Waals surface area contributed by atoms with Crippen LogP contribution in [0.15, 0.2) is 11.7 Å². The van der Waals surface area contributed by atoms with Crippen LogP contribution in [0, 0.1) is 0 Å². The van der Waals surface area contributed by atoms with Crippen molar-refractivity contribution in [3.63, 3.8) is 0 Å². The summed E-state index contributed by atoms with van der Waals surface area (Å²) in [6, 6.07) is 0. The molecule has 0 radical (unpaired) electrons. The molecule has 1 aliphatic rings. The molecule has 0 bridgehead atoms. The molecule has 0 spiro atoms. The van der Waals surface area contributed by atoms with Crippen LogP contribution < -0.4 is 0 Å². The molecule has 1 N–H and O–H groups in total. The molecule has 1 unspecified atom stereocenters. The predicted molar refractivity (Wildman–Crippen MR) is 71.3 cm³/mol. The van der Waals surface area contributed by atoms with E-state index in [4.69, 9.17) is 0 Å². The van der Waals surface area contributed by atoms with Gasteiger partial charge in [0.25, 0.3) is 0 Å². The molecule has 0 aromatic carbocycles. The van der Waals surface area contributed by atoms with Crippen molar-refractivity contribution in [2.45, 2.75) is 44.6 Å². The maximum Gasteiger partial charge on any atom is 0.0794 e. The highest BCUT2D eigenvalue weighted by atomic mass is 32.1. The Hall–Kier alpha value is -0.450. The Kier molecular flexibility index (Phi) is 4.54. The lowest BCUT2D eigenvalue weighted by Gasteiger charge is -2.26. The average molecular weight is 254 g/mol. The standard InChI is InChI=1S/C13H22N2OS/c1-2-6-15-7-3-4-13(16,5-8-15)9-12-10-14-11-17-12/h10-11,16H,2-9H2,1H3. The minimum absolute atomic E-state index is 0.505. The first-order valence-electron chi connectivity index (χ1n) is 6.54. The van der Waals surface area contributed by atoms with Gasteiger partial charge in [0, 0.05) is 24.0 Å². The van der Waals surface area contributed by atoms with Gasteiger partial charge in [-0.2, -0.15) is 0 Å². The van der Waals surface area contributed by atoms with Gasteiger partial charge in [-0.3, -0.25) is 4.98 Å². The molecule has 17 heavy (non-hydrogen) atoms. The van der Waals surface area contributed by atoms with Gasteiger partial charge in [0.05, 0.1) is 11.1 Å². The summed E-state index contributed by atoms with van der Waals surface area (Å²) in [7, 11) is 0. The molecule has 0 amide bonds.